The summed E-state index contributed by atoms with van der Waals surface area (Å²) in [5, 5.41) is 3.17. The zero-order chi connectivity index (χ0) is 10.7. The molecule has 0 aliphatic carbocycles. The topological polar surface area (TPSA) is 38.3 Å². The summed E-state index contributed by atoms with van der Waals surface area (Å²) >= 11 is 0. The Morgan fingerprint density at radius 1 is 1.60 bits per heavy atom. The number of anilines is 1. The zero-order valence-corrected chi connectivity index (χ0v) is 8.25. The van der Waals surface area contributed by atoms with Gasteiger partial charge in [0.1, 0.15) is 6.61 Å². The van der Waals surface area contributed by atoms with Crippen LogP contribution in [0.3, 0.4) is 0 Å². The van der Waals surface area contributed by atoms with Crippen LogP contribution in [0.5, 0.6) is 5.75 Å². The maximum absolute atomic E-state index is 11.7. The number of hydrogen-bond donors (Lipinski definition) is 1. The molecule has 3 heteroatoms. The minimum absolute atomic E-state index is 0.0713. The molecular formula is C12H11NO2. The lowest BCUT2D eigenvalue weighted by molar-refractivity contribution is 0.0994. The predicted molar refractivity (Wildman–Crippen MR) is 58.2 cm³/mol. The van der Waals surface area contributed by atoms with Crippen LogP contribution in [0.15, 0.2) is 18.2 Å². The molecule has 0 aromatic heterocycles. The number of Topliss-reactive ketones (excluding diaryl/α,β-unsaturated/α-hetero) is 1. The molecule has 15 heavy (non-hydrogen) atoms. The van der Waals surface area contributed by atoms with Gasteiger partial charge in [0.15, 0.2) is 11.5 Å². The number of para-hydroxylation sites is 1. The van der Waals surface area contributed by atoms with Crippen molar-refractivity contribution in [2.24, 2.45) is 0 Å². The second kappa shape index (κ2) is 4.05. The fraction of sp³-hybridized carbons (Fsp3) is 0.250. The van der Waals surface area contributed by atoms with Crippen LogP contribution in [0, 0.1) is 12.3 Å². The molecule has 0 unspecified atom stereocenters. The first-order valence-corrected chi connectivity index (χ1v) is 4.79. The maximum Gasteiger partial charge on any atom is 0.178 e. The molecule has 1 aliphatic rings. The Labute approximate surface area is 88.4 Å². The molecule has 0 fully saturated rings. The van der Waals surface area contributed by atoms with Gasteiger partial charge in [-0.05, 0) is 12.1 Å². The highest BCUT2D eigenvalue weighted by Crippen LogP contribution is 2.31. The summed E-state index contributed by atoms with van der Waals surface area (Å²) in [6, 6.07) is 5.46. The van der Waals surface area contributed by atoms with Crippen LogP contribution in [-0.2, 0) is 0 Å². The van der Waals surface area contributed by atoms with E-state index in [9.17, 15) is 4.79 Å². The van der Waals surface area contributed by atoms with Gasteiger partial charge in [-0.2, -0.15) is 0 Å². The summed E-state index contributed by atoms with van der Waals surface area (Å²) in [5.41, 5.74) is 1.43. The fourth-order valence-corrected chi connectivity index (χ4v) is 1.58. The number of benzene rings is 1. The van der Waals surface area contributed by atoms with Gasteiger partial charge in [0.05, 0.1) is 17.7 Å². The molecule has 1 aromatic rings. The third-order valence-electron chi connectivity index (χ3n) is 2.24. The van der Waals surface area contributed by atoms with Crippen LogP contribution in [0.2, 0.25) is 0 Å². The fourth-order valence-electron chi connectivity index (χ4n) is 1.58. The number of nitrogens with one attached hydrogen (secondary N) is 1. The van der Waals surface area contributed by atoms with Crippen LogP contribution in [0.1, 0.15) is 16.8 Å². The molecule has 1 aromatic carbocycles. The summed E-state index contributed by atoms with van der Waals surface area (Å²) in [5.74, 6) is 2.90. The molecule has 0 saturated heterocycles. The van der Waals surface area contributed by atoms with Crippen LogP contribution < -0.4 is 10.1 Å². The first-order valence-electron chi connectivity index (χ1n) is 4.79. The van der Waals surface area contributed by atoms with Crippen molar-refractivity contribution in [3.05, 3.63) is 23.8 Å². The molecule has 0 bridgehead atoms. The smallest absolute Gasteiger partial charge is 0.178 e. The lowest BCUT2D eigenvalue weighted by atomic mass is 10.1. The highest BCUT2D eigenvalue weighted by atomic mass is 16.5. The number of carbonyl (C=O) groups is 1. The van der Waals surface area contributed by atoms with Crippen molar-refractivity contribution in [2.75, 3.05) is 18.5 Å². The van der Waals surface area contributed by atoms with Crippen molar-refractivity contribution in [3.8, 4) is 18.1 Å². The van der Waals surface area contributed by atoms with E-state index < -0.39 is 0 Å². The Hall–Kier alpha value is -1.95. The first-order chi connectivity index (χ1) is 7.33. The van der Waals surface area contributed by atoms with E-state index >= 15 is 0 Å². The highest BCUT2D eigenvalue weighted by Gasteiger charge is 2.17. The second-order valence-corrected chi connectivity index (χ2v) is 3.26. The van der Waals surface area contributed by atoms with E-state index in [1.54, 1.807) is 6.07 Å². The zero-order valence-electron chi connectivity index (χ0n) is 8.25. The lowest BCUT2D eigenvalue weighted by Crippen LogP contribution is -2.19. The lowest BCUT2D eigenvalue weighted by Gasteiger charge is -2.20. The van der Waals surface area contributed by atoms with E-state index in [-0.39, 0.29) is 12.2 Å². The molecule has 1 heterocycles. The highest BCUT2D eigenvalue weighted by molar-refractivity contribution is 6.01. The third-order valence-corrected chi connectivity index (χ3v) is 2.24. The van der Waals surface area contributed by atoms with Crippen LogP contribution in [0.4, 0.5) is 5.69 Å². The molecule has 1 N–H and O–H groups in total. The third kappa shape index (κ3) is 1.79. The SMILES string of the molecule is C#CCC(=O)c1cccc2c1OCCN2. The predicted octanol–water partition coefficient (Wildman–Crippen LogP) is 1.70. The van der Waals surface area contributed by atoms with Crippen LogP contribution in [0.25, 0.3) is 0 Å². The van der Waals surface area contributed by atoms with Crippen molar-refractivity contribution in [1.29, 1.82) is 0 Å². The van der Waals surface area contributed by atoms with E-state index in [2.05, 4.69) is 11.2 Å². The molecule has 0 saturated carbocycles. The van der Waals surface area contributed by atoms with Gasteiger partial charge in [-0.1, -0.05) is 12.0 Å². The van der Waals surface area contributed by atoms with Crippen LogP contribution >= 0.6 is 0 Å². The molecular weight excluding hydrogens is 190 g/mol. The second-order valence-electron chi connectivity index (χ2n) is 3.26. The monoisotopic (exact) mass is 201 g/mol. The molecule has 76 valence electrons. The summed E-state index contributed by atoms with van der Waals surface area (Å²) in [6.45, 7) is 1.34. The average Bonchev–Trinajstić information content (AvgIpc) is 2.28. The van der Waals surface area contributed by atoms with Gasteiger partial charge in [-0.3, -0.25) is 4.79 Å². The Balaban J connectivity index is 2.40. The molecule has 0 spiro atoms. The largest absolute Gasteiger partial charge is 0.489 e. The number of rotatable bonds is 2. The summed E-state index contributed by atoms with van der Waals surface area (Å²) in [4.78, 5) is 11.7. The summed E-state index contributed by atoms with van der Waals surface area (Å²) < 4.78 is 5.47. The van der Waals surface area contributed by atoms with E-state index in [0.717, 1.165) is 12.2 Å². The standard InChI is InChI=1S/C12H11NO2/c1-2-4-11(14)9-5-3-6-10-12(9)15-8-7-13-10/h1,3,5-6,13H,4,7-8H2. The minimum atomic E-state index is -0.0713. The molecule has 0 radical (unpaired) electrons. The van der Waals surface area contributed by atoms with Gasteiger partial charge in [-0.25, -0.2) is 0 Å². The molecule has 0 atom stereocenters. The number of ether oxygens (including phenoxy) is 1. The Kier molecular flexibility index (Phi) is 2.59. The number of terminal acetylenes is 1. The van der Waals surface area contributed by atoms with Crippen molar-refractivity contribution >= 4 is 11.5 Å². The molecule has 1 aliphatic heterocycles. The molecule has 3 nitrogen and oxygen atoms in total. The van der Waals surface area contributed by atoms with Gasteiger partial charge < -0.3 is 10.1 Å². The van der Waals surface area contributed by atoms with E-state index in [0.29, 0.717) is 17.9 Å². The summed E-state index contributed by atoms with van der Waals surface area (Å²) in [7, 11) is 0. The molecule has 2 rings (SSSR count). The van der Waals surface area contributed by atoms with Gasteiger partial charge in [0.2, 0.25) is 0 Å². The van der Waals surface area contributed by atoms with Gasteiger partial charge in [-0.15, -0.1) is 6.42 Å². The maximum atomic E-state index is 11.7. The number of ketones is 1. The van der Waals surface area contributed by atoms with E-state index in [1.165, 1.54) is 0 Å². The first kappa shape index (κ1) is 9.60. The quantitative estimate of drug-likeness (QED) is 0.584. The Morgan fingerprint density at radius 3 is 3.27 bits per heavy atom. The number of carbonyl (C=O) groups excluding carboxylic acids is 1. The van der Waals surface area contributed by atoms with Crippen LogP contribution in [-0.4, -0.2) is 18.9 Å². The van der Waals surface area contributed by atoms with Crippen molar-refractivity contribution < 1.29 is 9.53 Å². The van der Waals surface area contributed by atoms with Gasteiger partial charge in [0.25, 0.3) is 0 Å². The summed E-state index contributed by atoms with van der Waals surface area (Å²) in [6.07, 6.45) is 5.23. The minimum Gasteiger partial charge on any atom is -0.489 e. The molecule has 0 amide bonds. The average molecular weight is 201 g/mol. The number of hydrogen-bond acceptors (Lipinski definition) is 3. The normalized spacial score (nSPS) is 13.0. The Morgan fingerprint density at radius 2 is 2.47 bits per heavy atom. The van der Waals surface area contributed by atoms with E-state index in [4.69, 9.17) is 11.2 Å². The van der Waals surface area contributed by atoms with Crippen molar-refractivity contribution in [1.82, 2.24) is 0 Å². The number of fused-ring (bicyclic) bond motifs is 1. The van der Waals surface area contributed by atoms with Crippen molar-refractivity contribution in [2.45, 2.75) is 6.42 Å². The Bertz CT molecular complexity index is 432. The van der Waals surface area contributed by atoms with Crippen molar-refractivity contribution in [3.63, 3.8) is 0 Å². The van der Waals surface area contributed by atoms with Gasteiger partial charge >= 0.3 is 0 Å². The van der Waals surface area contributed by atoms with Gasteiger partial charge in [0, 0.05) is 6.54 Å². The van der Waals surface area contributed by atoms with E-state index in [1.807, 2.05) is 12.1 Å².